The first kappa shape index (κ1) is 17.4. The lowest BCUT2D eigenvalue weighted by atomic mass is 9.77. The van der Waals surface area contributed by atoms with Gasteiger partial charge in [-0.3, -0.25) is 9.59 Å². The van der Waals surface area contributed by atoms with Crippen LogP contribution in [-0.2, 0) is 14.4 Å². The number of esters is 1. The number of ether oxygens (including phenoxy) is 3. The molecule has 0 aromatic heterocycles. The van der Waals surface area contributed by atoms with Crippen molar-refractivity contribution in [1.82, 2.24) is 0 Å². The average molecular weight is 422 g/mol. The Labute approximate surface area is 174 Å². The molecule has 3 unspecified atom stereocenters. The fraction of sp³-hybridized carbons (Fsp3) is 0.190. The van der Waals surface area contributed by atoms with Crippen molar-refractivity contribution in [2.24, 2.45) is 11.7 Å². The quantitative estimate of drug-likeness (QED) is 0.422. The number of benzene rings is 2. The number of carbonyl (C=O) groups excluding carboxylic acids is 3. The highest BCUT2D eigenvalue weighted by atomic mass is 32.2. The van der Waals surface area contributed by atoms with E-state index in [0.29, 0.717) is 28.5 Å². The summed E-state index contributed by atoms with van der Waals surface area (Å²) >= 11 is 1.05. The monoisotopic (exact) mass is 422 g/mol. The first-order valence-corrected chi connectivity index (χ1v) is 10.2. The van der Waals surface area contributed by atoms with Crippen LogP contribution in [0.4, 0.5) is 5.69 Å². The van der Waals surface area contributed by atoms with Crippen molar-refractivity contribution in [2.45, 2.75) is 11.2 Å². The summed E-state index contributed by atoms with van der Waals surface area (Å²) in [5.74, 6) is -1.31. The number of carbonyl (C=O) groups is 3. The van der Waals surface area contributed by atoms with Crippen LogP contribution < -0.4 is 24.8 Å². The Hall–Kier alpha value is -3.46. The van der Waals surface area contributed by atoms with Gasteiger partial charge in [0.2, 0.25) is 18.6 Å². The van der Waals surface area contributed by atoms with Gasteiger partial charge < -0.3 is 19.9 Å². The van der Waals surface area contributed by atoms with Crippen molar-refractivity contribution in [2.75, 3.05) is 11.7 Å². The molecule has 8 nitrogen and oxygen atoms in total. The highest BCUT2D eigenvalue weighted by Gasteiger charge is 2.58. The van der Waals surface area contributed by atoms with Crippen LogP contribution in [0.15, 0.2) is 53.1 Å². The number of thioether (sulfide) groups is 1. The summed E-state index contributed by atoms with van der Waals surface area (Å²) < 4.78 is 16.1. The molecule has 150 valence electrons. The number of hydrogen-bond acceptors (Lipinski definition) is 8. The summed E-state index contributed by atoms with van der Waals surface area (Å²) in [6.45, 7) is 0.0898. The number of anilines is 1. The second-order valence-electron chi connectivity index (χ2n) is 7.30. The van der Waals surface area contributed by atoms with Crippen LogP contribution in [0.3, 0.4) is 0 Å². The largest absolute Gasteiger partial charge is 0.454 e. The summed E-state index contributed by atoms with van der Waals surface area (Å²) in [5, 5.41) is -0.509. The van der Waals surface area contributed by atoms with Crippen molar-refractivity contribution < 1.29 is 28.6 Å². The van der Waals surface area contributed by atoms with E-state index in [4.69, 9.17) is 19.9 Å². The zero-order valence-corrected chi connectivity index (χ0v) is 16.2. The molecule has 9 heteroatoms. The van der Waals surface area contributed by atoms with Crippen molar-refractivity contribution in [3.63, 3.8) is 0 Å². The van der Waals surface area contributed by atoms with E-state index in [1.807, 2.05) is 0 Å². The lowest BCUT2D eigenvalue weighted by Gasteiger charge is -2.36. The smallest absolute Gasteiger partial charge is 0.342 e. The number of fused-ring (bicyclic) bond motifs is 6. The molecule has 0 bridgehead atoms. The molecule has 2 amide bonds. The minimum Gasteiger partial charge on any atom is -0.454 e. The number of para-hydroxylation sites is 1. The van der Waals surface area contributed by atoms with E-state index in [0.717, 1.165) is 16.7 Å². The Morgan fingerprint density at radius 2 is 1.77 bits per heavy atom. The van der Waals surface area contributed by atoms with Crippen molar-refractivity contribution >= 4 is 35.2 Å². The summed E-state index contributed by atoms with van der Waals surface area (Å²) in [4.78, 5) is 40.6. The van der Waals surface area contributed by atoms with Gasteiger partial charge in [-0.05, 0) is 18.2 Å². The molecule has 1 fully saturated rings. The topological polar surface area (TPSA) is 108 Å². The predicted molar refractivity (Wildman–Crippen MR) is 106 cm³/mol. The Bertz CT molecular complexity index is 1190. The lowest BCUT2D eigenvalue weighted by Crippen LogP contribution is -2.39. The van der Waals surface area contributed by atoms with Gasteiger partial charge in [0.25, 0.3) is 0 Å². The molecule has 30 heavy (non-hydrogen) atoms. The van der Waals surface area contributed by atoms with Gasteiger partial charge >= 0.3 is 5.97 Å². The Morgan fingerprint density at radius 1 is 0.967 bits per heavy atom. The van der Waals surface area contributed by atoms with E-state index in [-0.39, 0.29) is 29.2 Å². The zero-order chi connectivity index (χ0) is 20.6. The molecule has 4 aliphatic rings. The predicted octanol–water partition coefficient (Wildman–Crippen LogP) is 1.89. The fourth-order valence-corrected chi connectivity index (χ4v) is 5.72. The minimum absolute atomic E-state index is 0.0898. The summed E-state index contributed by atoms with van der Waals surface area (Å²) in [6.07, 6.45) is 0. The van der Waals surface area contributed by atoms with E-state index in [1.165, 1.54) is 0 Å². The zero-order valence-electron chi connectivity index (χ0n) is 15.4. The van der Waals surface area contributed by atoms with Gasteiger partial charge in [0.05, 0.1) is 22.2 Å². The molecule has 2 aromatic rings. The Balaban J connectivity index is 1.48. The van der Waals surface area contributed by atoms with Gasteiger partial charge in [0, 0.05) is 17.5 Å². The Morgan fingerprint density at radius 3 is 2.63 bits per heavy atom. The maximum atomic E-state index is 13.5. The molecule has 3 atom stereocenters. The molecule has 0 saturated carbocycles. The van der Waals surface area contributed by atoms with Crippen LogP contribution in [-0.4, -0.2) is 29.8 Å². The van der Waals surface area contributed by atoms with Gasteiger partial charge in [-0.15, -0.1) is 0 Å². The van der Waals surface area contributed by atoms with Crippen molar-refractivity contribution in [3.8, 4) is 17.2 Å². The molecular weight excluding hydrogens is 408 g/mol. The second kappa shape index (κ2) is 6.02. The average Bonchev–Trinajstić information content (AvgIpc) is 3.30. The number of hydrogen-bond donors (Lipinski definition) is 1. The standard InChI is InChI=1S/C21H14N2O6S/c22-18-16-14(10-3-1-2-4-11(10)29-21(16)26)15-17(30-18)20(25)23(19(15)24)9-5-6-12-13(7-9)28-8-27-12/h1-7,14-15,17H,8,22H2. The SMILES string of the molecule is NC1=C2C(=O)Oc3ccccc3C2C2C(=O)N(c3ccc4c(c3)OCO4)C(=O)C2S1. The third-order valence-electron chi connectivity index (χ3n) is 5.78. The van der Waals surface area contributed by atoms with E-state index in [9.17, 15) is 14.4 Å². The third kappa shape index (κ3) is 2.20. The van der Waals surface area contributed by atoms with E-state index in [1.54, 1.807) is 42.5 Å². The van der Waals surface area contributed by atoms with Gasteiger partial charge in [-0.25, -0.2) is 9.69 Å². The molecule has 2 aromatic carbocycles. The highest BCUT2D eigenvalue weighted by Crippen LogP contribution is 2.54. The van der Waals surface area contributed by atoms with E-state index >= 15 is 0 Å². The molecule has 0 aliphatic carbocycles. The van der Waals surface area contributed by atoms with Crippen LogP contribution >= 0.6 is 11.8 Å². The van der Waals surface area contributed by atoms with Gasteiger partial charge in [0.1, 0.15) is 11.0 Å². The Kier molecular flexibility index (Phi) is 3.49. The maximum absolute atomic E-state index is 13.5. The molecule has 4 aliphatic heterocycles. The van der Waals surface area contributed by atoms with Crippen LogP contribution in [0.1, 0.15) is 11.5 Å². The molecule has 0 radical (unpaired) electrons. The van der Waals surface area contributed by atoms with E-state index < -0.39 is 23.1 Å². The molecule has 0 spiro atoms. The number of nitrogens with two attached hydrogens (primary N) is 1. The van der Waals surface area contributed by atoms with E-state index in [2.05, 4.69) is 0 Å². The normalized spacial score (nSPS) is 26.3. The maximum Gasteiger partial charge on any atom is 0.342 e. The fourth-order valence-electron chi connectivity index (χ4n) is 4.48. The van der Waals surface area contributed by atoms with Crippen LogP contribution in [0.2, 0.25) is 0 Å². The van der Waals surface area contributed by atoms with Crippen LogP contribution in [0.25, 0.3) is 0 Å². The summed E-state index contributed by atoms with van der Waals surface area (Å²) in [5.41, 5.74) is 7.50. The van der Waals surface area contributed by atoms with Crippen LogP contribution in [0, 0.1) is 5.92 Å². The van der Waals surface area contributed by atoms with Gasteiger partial charge in [-0.2, -0.15) is 0 Å². The van der Waals surface area contributed by atoms with Gasteiger partial charge in [0.15, 0.2) is 11.5 Å². The number of rotatable bonds is 1. The van der Waals surface area contributed by atoms with Gasteiger partial charge in [-0.1, -0.05) is 30.0 Å². The van der Waals surface area contributed by atoms with Crippen molar-refractivity contribution in [1.29, 1.82) is 0 Å². The summed E-state index contributed by atoms with van der Waals surface area (Å²) in [7, 11) is 0. The molecular formula is C21H14N2O6S. The molecule has 2 N–H and O–H groups in total. The molecule has 1 saturated heterocycles. The minimum atomic E-state index is -0.760. The number of nitrogens with zero attached hydrogens (tertiary/aromatic N) is 1. The third-order valence-corrected chi connectivity index (χ3v) is 7.00. The molecule has 6 rings (SSSR count). The first-order chi connectivity index (χ1) is 14.5. The van der Waals surface area contributed by atoms with Crippen LogP contribution in [0.5, 0.6) is 17.2 Å². The number of imide groups is 1. The highest BCUT2D eigenvalue weighted by molar-refractivity contribution is 8.04. The second-order valence-corrected chi connectivity index (χ2v) is 8.48. The molecule has 4 heterocycles. The first-order valence-electron chi connectivity index (χ1n) is 9.29. The lowest BCUT2D eigenvalue weighted by molar-refractivity contribution is -0.131. The number of amides is 2. The van der Waals surface area contributed by atoms with Crippen molar-refractivity contribution in [3.05, 3.63) is 58.6 Å². The summed E-state index contributed by atoms with van der Waals surface area (Å²) in [6, 6.07) is 12.0.